The average molecular weight is 390 g/mol. The second-order valence-corrected chi connectivity index (χ2v) is 5.89. The lowest BCUT2D eigenvalue weighted by molar-refractivity contribution is 0.102. The Balaban J connectivity index is 1.88. The van der Waals surface area contributed by atoms with Crippen LogP contribution in [-0.2, 0) is 0 Å². The average Bonchev–Trinajstić information content (AvgIpc) is 2.65. The molecule has 0 unspecified atom stereocenters. The predicted octanol–water partition coefficient (Wildman–Crippen LogP) is 4.84. The summed E-state index contributed by atoms with van der Waals surface area (Å²) in [5.41, 5.74) is 0.434. The van der Waals surface area contributed by atoms with Crippen molar-refractivity contribution in [1.29, 1.82) is 0 Å². The molecule has 0 aliphatic carbocycles. The molecule has 0 fully saturated rings. The first-order valence-corrected chi connectivity index (χ1v) is 8.21. The van der Waals surface area contributed by atoms with E-state index in [0.717, 1.165) is 0 Å². The first kappa shape index (κ1) is 18.0. The van der Waals surface area contributed by atoms with Crippen molar-refractivity contribution in [3.63, 3.8) is 0 Å². The molecule has 2 aromatic carbocycles. The molecule has 26 heavy (non-hydrogen) atoms. The molecule has 1 amide bonds. The van der Waals surface area contributed by atoms with E-state index in [1.165, 1.54) is 12.5 Å². The van der Waals surface area contributed by atoms with Crippen LogP contribution in [0.5, 0.6) is 17.4 Å². The highest BCUT2D eigenvalue weighted by Crippen LogP contribution is 2.31. The summed E-state index contributed by atoms with van der Waals surface area (Å²) in [6, 6.07) is 11.9. The van der Waals surface area contributed by atoms with E-state index in [2.05, 4.69) is 15.3 Å². The van der Waals surface area contributed by atoms with Crippen molar-refractivity contribution in [3.05, 3.63) is 70.6 Å². The summed E-state index contributed by atoms with van der Waals surface area (Å²) in [5, 5.41) is 3.29. The number of aromatic nitrogens is 2. The predicted molar refractivity (Wildman–Crippen MR) is 99.5 cm³/mol. The number of para-hydroxylation sites is 1. The number of methoxy groups -OCH3 is 1. The van der Waals surface area contributed by atoms with E-state index < -0.39 is 5.91 Å². The highest BCUT2D eigenvalue weighted by atomic mass is 35.5. The number of anilines is 1. The number of hydrogen-bond acceptors (Lipinski definition) is 5. The number of benzene rings is 2. The molecule has 1 aromatic heterocycles. The maximum atomic E-state index is 12.6. The third kappa shape index (κ3) is 4.04. The Labute approximate surface area is 159 Å². The van der Waals surface area contributed by atoms with E-state index >= 15 is 0 Å². The Morgan fingerprint density at radius 1 is 1.08 bits per heavy atom. The van der Waals surface area contributed by atoms with Gasteiger partial charge in [0.2, 0.25) is 5.88 Å². The summed E-state index contributed by atoms with van der Waals surface area (Å²) in [6.07, 6.45) is 2.64. The number of rotatable bonds is 5. The maximum absolute atomic E-state index is 12.6. The number of amides is 1. The molecule has 0 saturated heterocycles. The van der Waals surface area contributed by atoms with Gasteiger partial charge in [-0.05, 0) is 24.3 Å². The zero-order chi connectivity index (χ0) is 18.5. The Hall–Kier alpha value is -2.83. The van der Waals surface area contributed by atoms with Crippen molar-refractivity contribution in [2.75, 3.05) is 12.4 Å². The molecule has 0 aliphatic heterocycles. The van der Waals surface area contributed by atoms with E-state index in [4.69, 9.17) is 32.7 Å². The van der Waals surface area contributed by atoms with E-state index in [1.54, 1.807) is 49.6 Å². The highest BCUT2D eigenvalue weighted by molar-refractivity contribution is 6.40. The van der Waals surface area contributed by atoms with Crippen LogP contribution in [0.25, 0.3) is 0 Å². The van der Waals surface area contributed by atoms with Gasteiger partial charge < -0.3 is 14.8 Å². The molecule has 0 atom stereocenters. The lowest BCUT2D eigenvalue weighted by Gasteiger charge is -2.12. The van der Waals surface area contributed by atoms with Gasteiger partial charge in [-0.3, -0.25) is 4.79 Å². The molecule has 3 aromatic rings. The minimum Gasteiger partial charge on any atom is -0.497 e. The van der Waals surface area contributed by atoms with Gasteiger partial charge in [0, 0.05) is 12.3 Å². The minimum atomic E-state index is -0.501. The van der Waals surface area contributed by atoms with Crippen LogP contribution in [0.3, 0.4) is 0 Å². The molecule has 0 aliphatic rings. The van der Waals surface area contributed by atoms with Gasteiger partial charge in [-0.1, -0.05) is 35.3 Å². The zero-order valence-corrected chi connectivity index (χ0v) is 15.1. The smallest absolute Gasteiger partial charge is 0.262 e. The molecule has 132 valence electrons. The van der Waals surface area contributed by atoms with Gasteiger partial charge in [-0.15, -0.1) is 0 Å². The molecule has 0 bridgehead atoms. The largest absolute Gasteiger partial charge is 0.497 e. The fourth-order valence-electron chi connectivity index (χ4n) is 2.13. The molecule has 0 spiro atoms. The number of ether oxygens (including phenoxy) is 2. The highest BCUT2D eigenvalue weighted by Gasteiger charge is 2.18. The number of hydrogen-bond donors (Lipinski definition) is 1. The van der Waals surface area contributed by atoms with Crippen LogP contribution < -0.4 is 14.8 Å². The second kappa shape index (κ2) is 8.03. The minimum absolute atomic E-state index is 0.0916. The van der Waals surface area contributed by atoms with Crippen LogP contribution in [0.15, 0.2) is 55.0 Å². The van der Waals surface area contributed by atoms with Crippen molar-refractivity contribution in [2.24, 2.45) is 0 Å². The fourth-order valence-corrected chi connectivity index (χ4v) is 2.62. The van der Waals surface area contributed by atoms with Crippen molar-refractivity contribution in [2.45, 2.75) is 0 Å². The first-order chi connectivity index (χ1) is 12.6. The Kier molecular flexibility index (Phi) is 5.55. The van der Waals surface area contributed by atoms with Gasteiger partial charge in [0.25, 0.3) is 5.91 Å². The van der Waals surface area contributed by atoms with E-state index in [1.807, 2.05) is 0 Å². The van der Waals surface area contributed by atoms with Crippen LogP contribution in [0.4, 0.5) is 5.69 Å². The van der Waals surface area contributed by atoms with Crippen LogP contribution in [0, 0.1) is 0 Å². The lowest BCUT2D eigenvalue weighted by Crippen LogP contribution is -2.14. The Morgan fingerprint density at radius 3 is 2.50 bits per heavy atom. The van der Waals surface area contributed by atoms with Crippen molar-refractivity contribution in [1.82, 2.24) is 9.97 Å². The quantitative estimate of drug-likeness (QED) is 0.675. The first-order valence-electron chi connectivity index (χ1n) is 7.45. The molecule has 6 nitrogen and oxygen atoms in total. The summed E-state index contributed by atoms with van der Waals surface area (Å²) in [6.45, 7) is 0. The number of nitrogens with one attached hydrogen (secondary N) is 1. The van der Waals surface area contributed by atoms with E-state index in [0.29, 0.717) is 27.2 Å². The molecule has 1 N–H and O–H groups in total. The van der Waals surface area contributed by atoms with E-state index in [9.17, 15) is 4.79 Å². The van der Waals surface area contributed by atoms with Gasteiger partial charge in [-0.25, -0.2) is 9.97 Å². The van der Waals surface area contributed by atoms with Crippen molar-refractivity contribution in [3.8, 4) is 17.4 Å². The Bertz CT molecular complexity index is 930. The third-order valence-corrected chi connectivity index (χ3v) is 4.01. The topological polar surface area (TPSA) is 73.3 Å². The standard InChI is InChI=1S/C18H13Cl2N3O3/c1-25-11-4-2-5-12(8-11)26-18-13(9-21-10-22-18)17(24)23-16-14(19)6-3-7-15(16)20/h2-10H,1H3,(H,23,24). The molecule has 3 rings (SSSR count). The van der Waals surface area contributed by atoms with Crippen LogP contribution in [-0.4, -0.2) is 23.0 Å². The van der Waals surface area contributed by atoms with Gasteiger partial charge in [0.15, 0.2) is 0 Å². The third-order valence-electron chi connectivity index (χ3n) is 3.38. The summed E-state index contributed by atoms with van der Waals surface area (Å²) < 4.78 is 10.9. The molecule has 1 heterocycles. The number of carbonyl (C=O) groups is 1. The van der Waals surface area contributed by atoms with E-state index in [-0.39, 0.29) is 11.4 Å². The monoisotopic (exact) mass is 389 g/mol. The number of carbonyl (C=O) groups excluding carboxylic acids is 1. The molecule has 0 radical (unpaired) electrons. The summed E-state index contributed by atoms with van der Waals surface area (Å²) in [7, 11) is 1.55. The maximum Gasteiger partial charge on any atom is 0.262 e. The fraction of sp³-hybridized carbons (Fsp3) is 0.0556. The van der Waals surface area contributed by atoms with Gasteiger partial charge in [0.1, 0.15) is 23.4 Å². The number of nitrogens with zero attached hydrogens (tertiary/aromatic N) is 2. The summed E-state index contributed by atoms with van der Waals surface area (Å²) in [5.74, 6) is 0.672. The Morgan fingerprint density at radius 2 is 1.77 bits per heavy atom. The SMILES string of the molecule is COc1cccc(Oc2ncncc2C(=O)Nc2c(Cl)cccc2Cl)c1. The normalized spacial score (nSPS) is 10.3. The van der Waals surface area contributed by atoms with Gasteiger partial charge in [0.05, 0.1) is 22.8 Å². The van der Waals surface area contributed by atoms with Crippen molar-refractivity contribution >= 4 is 34.8 Å². The second-order valence-electron chi connectivity index (χ2n) is 5.07. The van der Waals surface area contributed by atoms with Gasteiger partial charge in [-0.2, -0.15) is 0 Å². The van der Waals surface area contributed by atoms with Crippen molar-refractivity contribution < 1.29 is 14.3 Å². The van der Waals surface area contributed by atoms with Crippen LogP contribution in [0.1, 0.15) is 10.4 Å². The molecule has 0 saturated carbocycles. The molecule has 8 heteroatoms. The summed E-state index contributed by atoms with van der Waals surface area (Å²) in [4.78, 5) is 20.6. The molecular weight excluding hydrogens is 377 g/mol. The summed E-state index contributed by atoms with van der Waals surface area (Å²) >= 11 is 12.2. The van der Waals surface area contributed by atoms with Gasteiger partial charge >= 0.3 is 0 Å². The van der Waals surface area contributed by atoms with Crippen LogP contribution >= 0.6 is 23.2 Å². The molecular formula is C18H13Cl2N3O3. The van der Waals surface area contributed by atoms with Crippen LogP contribution in [0.2, 0.25) is 10.0 Å². The number of halogens is 2. The lowest BCUT2D eigenvalue weighted by atomic mass is 10.2. The zero-order valence-electron chi connectivity index (χ0n) is 13.6.